The molecule has 0 aromatic rings. The molecule has 5 aliphatic rings. The van der Waals surface area contributed by atoms with Crippen LogP contribution in [0.25, 0.3) is 0 Å². The summed E-state index contributed by atoms with van der Waals surface area (Å²) in [7, 11) is 0. The van der Waals surface area contributed by atoms with E-state index >= 15 is 0 Å². The molecule has 0 aromatic heterocycles. The molecule has 1 unspecified atom stereocenters. The van der Waals surface area contributed by atoms with Crippen LogP contribution in [-0.4, -0.2) is 12.1 Å². The molecule has 0 bridgehead atoms. The lowest BCUT2D eigenvalue weighted by Crippen LogP contribution is -2.64. The summed E-state index contributed by atoms with van der Waals surface area (Å²) in [5.74, 6) is 2.05. The highest BCUT2D eigenvalue weighted by Crippen LogP contribution is 2.75. The van der Waals surface area contributed by atoms with Crippen molar-refractivity contribution in [3.8, 4) is 0 Å². The Labute approximate surface area is 196 Å². The Hall–Kier alpha value is -0.920. The third-order valence-electron chi connectivity index (χ3n) is 12.7. The van der Waals surface area contributed by atoms with Crippen LogP contribution < -0.4 is 0 Å². The van der Waals surface area contributed by atoms with Gasteiger partial charge >= 0.3 is 0 Å². The van der Waals surface area contributed by atoms with E-state index in [4.69, 9.17) is 0 Å². The first-order chi connectivity index (χ1) is 14.8. The second-order valence-electron chi connectivity index (χ2n) is 14.7. The van der Waals surface area contributed by atoms with Crippen LogP contribution in [-0.2, 0) is 9.59 Å². The summed E-state index contributed by atoms with van der Waals surface area (Å²) >= 11 is 0. The van der Waals surface area contributed by atoms with E-state index in [1.54, 1.807) is 5.57 Å². The quantitative estimate of drug-likeness (QED) is 0.313. The molecule has 2 heteroatoms. The molecule has 4 saturated carbocycles. The van der Waals surface area contributed by atoms with E-state index in [0.29, 0.717) is 29.0 Å². The lowest BCUT2D eigenvalue weighted by Gasteiger charge is -2.70. The third kappa shape index (κ3) is 2.65. The van der Waals surface area contributed by atoms with Crippen molar-refractivity contribution in [2.75, 3.05) is 0 Å². The monoisotopic (exact) mass is 438 g/mol. The van der Waals surface area contributed by atoms with Gasteiger partial charge in [-0.1, -0.05) is 60.1 Å². The molecule has 2 nitrogen and oxygen atoms in total. The Morgan fingerprint density at radius 1 is 0.875 bits per heavy atom. The largest absolute Gasteiger partial charge is 0.303 e. The Morgan fingerprint density at radius 3 is 2.25 bits per heavy atom. The number of rotatable bonds is 1. The van der Waals surface area contributed by atoms with E-state index in [-0.39, 0.29) is 27.1 Å². The fraction of sp³-hybridized carbons (Fsp3) is 0.867. The topological polar surface area (TPSA) is 34.1 Å². The Morgan fingerprint density at radius 2 is 1.56 bits per heavy atom. The SMILES string of the molecule is CC1(C)CC[C@]2(C=O)CC[C@]3(C)C(=CC[C@@H]4[C@@]5(C)CCC(=O)C(C)(C)[C@@H]5CC[C@]43C)C2C1. The number of allylic oxidation sites excluding steroid dienone is 2. The molecule has 32 heavy (non-hydrogen) atoms. The van der Waals surface area contributed by atoms with Crippen LogP contribution in [0.2, 0.25) is 0 Å². The molecular formula is C30H46O2. The fourth-order valence-electron chi connectivity index (χ4n) is 10.3. The predicted octanol–water partition coefficient (Wildman–Crippen LogP) is 7.56. The molecule has 0 aromatic carbocycles. The lowest BCUT2D eigenvalue weighted by molar-refractivity contribution is -0.184. The normalized spacial score (nSPS) is 51.4. The summed E-state index contributed by atoms with van der Waals surface area (Å²) in [6, 6.07) is 0. The number of hydrogen-bond acceptors (Lipinski definition) is 2. The molecule has 0 saturated heterocycles. The van der Waals surface area contributed by atoms with E-state index in [0.717, 1.165) is 44.9 Å². The second kappa shape index (κ2) is 6.60. The van der Waals surface area contributed by atoms with Crippen LogP contribution in [0.15, 0.2) is 11.6 Å². The molecule has 0 N–H and O–H groups in total. The minimum absolute atomic E-state index is 0.121. The highest BCUT2D eigenvalue weighted by Gasteiger charge is 2.68. The maximum atomic E-state index is 12.9. The van der Waals surface area contributed by atoms with Gasteiger partial charge in [-0.25, -0.2) is 0 Å². The molecule has 178 valence electrons. The van der Waals surface area contributed by atoms with Crippen molar-refractivity contribution in [2.24, 2.45) is 50.2 Å². The van der Waals surface area contributed by atoms with Crippen molar-refractivity contribution in [3.63, 3.8) is 0 Å². The molecule has 4 fully saturated rings. The van der Waals surface area contributed by atoms with Gasteiger partial charge in [0.2, 0.25) is 0 Å². The standard InChI is InChI=1S/C30H46O2/c1-25(2)14-16-30(19-31)17-15-28(6)20(21(30)18-25)8-9-23-27(5)12-11-24(32)26(3,4)22(27)10-13-29(23,28)7/h8,19,21-23H,9-18H2,1-7H3/t21?,22-,23+,27-,28+,29+,30+/m0/s1. The summed E-state index contributed by atoms with van der Waals surface area (Å²) in [6.07, 6.45) is 15.0. The third-order valence-corrected chi connectivity index (χ3v) is 12.7. The van der Waals surface area contributed by atoms with Gasteiger partial charge in [0, 0.05) is 17.3 Å². The van der Waals surface area contributed by atoms with Gasteiger partial charge in [-0.05, 0) is 97.2 Å². The minimum atomic E-state index is -0.189. The number of aldehydes is 1. The predicted molar refractivity (Wildman–Crippen MR) is 130 cm³/mol. The van der Waals surface area contributed by atoms with Crippen molar-refractivity contribution in [3.05, 3.63) is 11.6 Å². The van der Waals surface area contributed by atoms with Gasteiger partial charge < -0.3 is 4.79 Å². The summed E-state index contributed by atoms with van der Waals surface area (Å²) in [5.41, 5.74) is 2.34. The Bertz CT molecular complexity index is 879. The van der Waals surface area contributed by atoms with E-state index in [1.165, 1.54) is 25.5 Å². The zero-order valence-electron chi connectivity index (χ0n) is 21.8. The Kier molecular flexibility index (Phi) is 4.71. The van der Waals surface area contributed by atoms with Gasteiger partial charge in [0.15, 0.2) is 0 Å². The fourth-order valence-corrected chi connectivity index (χ4v) is 10.3. The maximum Gasteiger partial charge on any atom is 0.138 e. The van der Waals surface area contributed by atoms with Crippen LogP contribution in [0.3, 0.4) is 0 Å². The first kappa shape index (κ1) is 22.9. The van der Waals surface area contributed by atoms with Crippen molar-refractivity contribution >= 4 is 12.1 Å². The molecule has 0 spiro atoms. The molecule has 5 aliphatic carbocycles. The van der Waals surface area contributed by atoms with Gasteiger partial charge in [-0.3, -0.25) is 4.79 Å². The van der Waals surface area contributed by atoms with E-state index in [9.17, 15) is 9.59 Å². The number of fused-ring (bicyclic) bond motifs is 7. The van der Waals surface area contributed by atoms with Crippen LogP contribution >= 0.6 is 0 Å². The highest BCUT2D eigenvalue weighted by molar-refractivity contribution is 5.85. The average Bonchev–Trinajstić information content (AvgIpc) is 2.71. The van der Waals surface area contributed by atoms with E-state index in [1.807, 2.05) is 0 Å². The number of carbonyl (C=O) groups excluding carboxylic acids is 2. The van der Waals surface area contributed by atoms with Gasteiger partial charge in [0.25, 0.3) is 0 Å². The molecule has 7 atom stereocenters. The summed E-state index contributed by atoms with van der Waals surface area (Å²) in [4.78, 5) is 25.4. The van der Waals surface area contributed by atoms with Crippen molar-refractivity contribution in [1.82, 2.24) is 0 Å². The number of carbonyl (C=O) groups is 2. The summed E-state index contributed by atoms with van der Waals surface area (Å²) < 4.78 is 0. The smallest absolute Gasteiger partial charge is 0.138 e. The number of Topliss-reactive ketones (excluding diaryl/α,β-unsaturated/α-hetero) is 1. The zero-order chi connectivity index (χ0) is 23.4. The Balaban J connectivity index is 1.59. The van der Waals surface area contributed by atoms with E-state index in [2.05, 4.69) is 54.5 Å². The maximum absolute atomic E-state index is 12.9. The molecule has 0 aliphatic heterocycles. The highest BCUT2D eigenvalue weighted by atomic mass is 16.1. The van der Waals surface area contributed by atoms with Crippen molar-refractivity contribution in [1.29, 1.82) is 0 Å². The van der Waals surface area contributed by atoms with E-state index < -0.39 is 0 Å². The molecule has 5 rings (SSSR count). The number of ketones is 1. The molecule has 0 radical (unpaired) electrons. The molecule has 0 heterocycles. The van der Waals surface area contributed by atoms with Crippen LogP contribution in [0, 0.1) is 50.2 Å². The summed E-state index contributed by atoms with van der Waals surface area (Å²) in [5, 5.41) is 0. The van der Waals surface area contributed by atoms with Crippen LogP contribution in [0.5, 0.6) is 0 Å². The lowest BCUT2D eigenvalue weighted by atomic mass is 9.33. The summed E-state index contributed by atoms with van der Waals surface area (Å²) in [6.45, 7) is 17.0. The van der Waals surface area contributed by atoms with Crippen LogP contribution in [0.4, 0.5) is 0 Å². The average molecular weight is 439 g/mol. The van der Waals surface area contributed by atoms with Gasteiger partial charge in [0.1, 0.15) is 12.1 Å². The zero-order valence-corrected chi connectivity index (χ0v) is 21.8. The minimum Gasteiger partial charge on any atom is -0.303 e. The van der Waals surface area contributed by atoms with Crippen molar-refractivity contribution in [2.45, 2.75) is 113 Å². The first-order valence-electron chi connectivity index (χ1n) is 13.5. The number of hydrogen-bond donors (Lipinski definition) is 0. The molecular weight excluding hydrogens is 392 g/mol. The van der Waals surface area contributed by atoms with Gasteiger partial charge in [-0.15, -0.1) is 0 Å². The van der Waals surface area contributed by atoms with Gasteiger partial charge in [-0.2, -0.15) is 0 Å². The van der Waals surface area contributed by atoms with Crippen molar-refractivity contribution < 1.29 is 9.59 Å². The van der Waals surface area contributed by atoms with Gasteiger partial charge in [0.05, 0.1) is 0 Å². The molecule has 0 amide bonds. The second-order valence-corrected chi connectivity index (χ2v) is 14.7. The van der Waals surface area contributed by atoms with Crippen LogP contribution in [0.1, 0.15) is 113 Å². The first-order valence-corrected chi connectivity index (χ1v) is 13.5.